The third-order valence-corrected chi connectivity index (χ3v) is 7.42. The van der Waals surface area contributed by atoms with Crippen molar-refractivity contribution in [3.05, 3.63) is 107 Å². The van der Waals surface area contributed by atoms with Gasteiger partial charge in [0.2, 0.25) is 0 Å². The monoisotopic (exact) mass is 559 g/mol. The molecule has 0 aromatic heterocycles. The number of ether oxygens (including phenoxy) is 4. The minimum atomic E-state index is -0.972. The number of amides is 2. The van der Waals surface area contributed by atoms with Gasteiger partial charge < -0.3 is 24.1 Å². The van der Waals surface area contributed by atoms with E-state index >= 15 is 0 Å². The van der Waals surface area contributed by atoms with E-state index in [1.165, 1.54) is 4.90 Å². The smallest absolute Gasteiger partial charge is 0.261 e. The molecular formula is C33H37NO7. The van der Waals surface area contributed by atoms with Crippen molar-refractivity contribution in [2.45, 2.75) is 63.5 Å². The van der Waals surface area contributed by atoms with Crippen LogP contribution in [0.3, 0.4) is 0 Å². The van der Waals surface area contributed by atoms with Crippen LogP contribution in [0, 0.1) is 0 Å². The molecule has 0 bridgehead atoms. The Morgan fingerprint density at radius 1 is 0.756 bits per heavy atom. The Hall–Kier alpha value is -3.40. The maximum Gasteiger partial charge on any atom is 0.261 e. The number of unbranched alkanes of at least 4 members (excludes halogenated alkanes) is 2. The van der Waals surface area contributed by atoms with Crippen molar-refractivity contribution < 1.29 is 33.6 Å². The van der Waals surface area contributed by atoms with Gasteiger partial charge in [0, 0.05) is 19.6 Å². The largest absolute Gasteiger partial charge is 0.379 e. The average molecular weight is 560 g/mol. The van der Waals surface area contributed by atoms with Crippen LogP contribution in [0.25, 0.3) is 0 Å². The van der Waals surface area contributed by atoms with Gasteiger partial charge in [0.1, 0.15) is 12.2 Å². The average Bonchev–Trinajstić information content (AvgIpc) is 3.24. The van der Waals surface area contributed by atoms with Crippen molar-refractivity contribution in [3.63, 3.8) is 0 Å². The van der Waals surface area contributed by atoms with E-state index in [4.69, 9.17) is 18.9 Å². The summed E-state index contributed by atoms with van der Waals surface area (Å²) in [4.78, 5) is 26.4. The highest BCUT2D eigenvalue weighted by Crippen LogP contribution is 2.27. The van der Waals surface area contributed by atoms with Crippen LogP contribution in [0.1, 0.15) is 57.5 Å². The highest BCUT2D eigenvalue weighted by atomic mass is 16.6. The first-order valence-electron chi connectivity index (χ1n) is 14.3. The van der Waals surface area contributed by atoms with Crippen LogP contribution in [-0.2, 0) is 32.2 Å². The molecule has 5 rings (SSSR count). The van der Waals surface area contributed by atoms with Gasteiger partial charge in [-0.1, -0.05) is 72.8 Å². The van der Waals surface area contributed by atoms with E-state index in [9.17, 15) is 14.7 Å². The Labute approximate surface area is 240 Å². The highest BCUT2D eigenvalue weighted by Gasteiger charge is 2.40. The predicted molar refractivity (Wildman–Crippen MR) is 152 cm³/mol. The van der Waals surface area contributed by atoms with E-state index in [2.05, 4.69) is 0 Å². The van der Waals surface area contributed by atoms with Gasteiger partial charge in [0.25, 0.3) is 11.8 Å². The van der Waals surface area contributed by atoms with Crippen LogP contribution >= 0.6 is 0 Å². The zero-order chi connectivity index (χ0) is 28.4. The summed E-state index contributed by atoms with van der Waals surface area (Å²) in [5.74, 6) is -0.444. The molecule has 0 aliphatic carbocycles. The number of carbonyl (C=O) groups excluding carboxylic acids is 2. The van der Waals surface area contributed by atoms with Crippen LogP contribution in [0.4, 0.5) is 0 Å². The molecule has 0 radical (unpaired) electrons. The first kappa shape index (κ1) is 29.1. The van der Waals surface area contributed by atoms with Crippen molar-refractivity contribution in [1.29, 1.82) is 0 Å². The zero-order valence-corrected chi connectivity index (χ0v) is 23.1. The molecule has 0 spiro atoms. The van der Waals surface area contributed by atoms with Crippen LogP contribution in [0.2, 0.25) is 0 Å². The van der Waals surface area contributed by atoms with Gasteiger partial charge in [0.05, 0.1) is 37.1 Å². The summed E-state index contributed by atoms with van der Waals surface area (Å²) in [6, 6.07) is 26.8. The Balaban J connectivity index is 1.09. The third-order valence-electron chi connectivity index (χ3n) is 7.42. The third kappa shape index (κ3) is 7.67. The number of benzene rings is 3. The number of fused-ring (bicyclic) bond motifs is 1. The molecule has 8 heteroatoms. The molecule has 2 amide bonds. The molecule has 3 aromatic rings. The lowest BCUT2D eigenvalue weighted by Gasteiger charge is -2.39. The van der Waals surface area contributed by atoms with E-state index in [-0.39, 0.29) is 24.5 Å². The number of carbonyl (C=O) groups is 2. The molecule has 0 saturated carbocycles. The fourth-order valence-corrected chi connectivity index (χ4v) is 5.26. The fraction of sp³-hybridized carbons (Fsp3) is 0.394. The van der Waals surface area contributed by atoms with Gasteiger partial charge in [-0.05, 0) is 42.5 Å². The Kier molecular flexibility index (Phi) is 10.3. The van der Waals surface area contributed by atoms with E-state index in [1.54, 1.807) is 24.3 Å². The van der Waals surface area contributed by atoms with Gasteiger partial charge in [-0.3, -0.25) is 14.5 Å². The first-order valence-corrected chi connectivity index (χ1v) is 14.3. The van der Waals surface area contributed by atoms with Gasteiger partial charge in [0.15, 0.2) is 6.29 Å². The van der Waals surface area contributed by atoms with Gasteiger partial charge in [-0.2, -0.15) is 0 Å². The molecule has 3 aromatic carbocycles. The summed E-state index contributed by atoms with van der Waals surface area (Å²) >= 11 is 0. The number of hydrogen-bond donors (Lipinski definition) is 1. The molecule has 0 unspecified atom stereocenters. The Morgan fingerprint density at radius 2 is 1.34 bits per heavy atom. The van der Waals surface area contributed by atoms with Gasteiger partial charge >= 0.3 is 0 Å². The topological polar surface area (TPSA) is 94.5 Å². The molecule has 2 aliphatic heterocycles. The quantitative estimate of drug-likeness (QED) is 0.225. The second-order valence-electron chi connectivity index (χ2n) is 10.4. The minimum Gasteiger partial charge on any atom is -0.379 e. The Morgan fingerprint density at radius 3 is 1.98 bits per heavy atom. The molecule has 1 saturated heterocycles. The second kappa shape index (κ2) is 14.5. The van der Waals surface area contributed by atoms with Crippen LogP contribution in [-0.4, -0.2) is 66.2 Å². The standard InChI is InChI=1S/C33H37NO7/c35-30-20-28(39-21-24-12-4-1-5-13-24)31(40-22-25-14-6-2-7-15-25)29(41-30)23-38-19-11-3-10-18-34-32(36)26-16-8-9-17-27(26)33(34)37/h1-2,4-9,12-17,28-31,35H,3,10-11,18-23H2/t28-,29-,30+,31+/m1/s1. The lowest BCUT2D eigenvalue weighted by Crippen LogP contribution is -2.52. The maximum absolute atomic E-state index is 12.5. The number of hydrogen-bond acceptors (Lipinski definition) is 7. The number of imide groups is 1. The van der Waals surface area contributed by atoms with Crippen LogP contribution < -0.4 is 0 Å². The molecular weight excluding hydrogens is 522 g/mol. The summed E-state index contributed by atoms with van der Waals surface area (Å²) in [5.41, 5.74) is 3.04. The van der Waals surface area contributed by atoms with Crippen molar-refractivity contribution >= 4 is 11.8 Å². The fourth-order valence-electron chi connectivity index (χ4n) is 5.26. The van der Waals surface area contributed by atoms with Crippen molar-refractivity contribution in [2.24, 2.45) is 0 Å². The highest BCUT2D eigenvalue weighted by molar-refractivity contribution is 6.21. The number of nitrogens with zero attached hydrogens (tertiary/aromatic N) is 1. The van der Waals surface area contributed by atoms with Crippen molar-refractivity contribution in [3.8, 4) is 0 Å². The molecule has 8 nitrogen and oxygen atoms in total. The minimum absolute atomic E-state index is 0.222. The van der Waals surface area contributed by atoms with Crippen LogP contribution in [0.5, 0.6) is 0 Å². The lowest BCUT2D eigenvalue weighted by atomic mass is 10.0. The molecule has 2 aliphatic rings. The summed E-state index contributed by atoms with van der Waals surface area (Å²) in [7, 11) is 0. The summed E-state index contributed by atoms with van der Waals surface area (Å²) in [6.45, 7) is 1.92. The molecule has 216 valence electrons. The predicted octanol–water partition coefficient (Wildman–Crippen LogP) is 4.75. The SMILES string of the molecule is O=C1c2ccccc2C(=O)N1CCCCCOC[C@H]1O[C@H](O)C[C@@H](OCc2ccccc2)[C@@H]1OCc1ccccc1. The molecule has 2 heterocycles. The zero-order valence-electron chi connectivity index (χ0n) is 23.1. The maximum atomic E-state index is 12.5. The normalized spacial score (nSPS) is 22.2. The van der Waals surface area contributed by atoms with Crippen molar-refractivity contribution in [1.82, 2.24) is 4.90 Å². The first-order chi connectivity index (χ1) is 20.1. The van der Waals surface area contributed by atoms with Crippen LogP contribution in [0.15, 0.2) is 84.9 Å². The van der Waals surface area contributed by atoms with E-state index in [0.717, 1.165) is 24.0 Å². The second-order valence-corrected chi connectivity index (χ2v) is 10.4. The number of aliphatic hydroxyl groups is 1. The summed E-state index contributed by atoms with van der Waals surface area (Å²) in [5, 5.41) is 10.5. The number of rotatable bonds is 14. The molecule has 4 atom stereocenters. The molecule has 1 N–H and O–H groups in total. The van der Waals surface area contributed by atoms with Crippen molar-refractivity contribution in [2.75, 3.05) is 19.8 Å². The molecule has 41 heavy (non-hydrogen) atoms. The van der Waals surface area contributed by atoms with E-state index in [0.29, 0.717) is 50.3 Å². The van der Waals surface area contributed by atoms with E-state index < -0.39 is 18.5 Å². The Bertz CT molecular complexity index is 1230. The lowest BCUT2D eigenvalue weighted by molar-refractivity contribution is -0.264. The summed E-state index contributed by atoms with van der Waals surface area (Å²) < 4.78 is 24.4. The van der Waals surface area contributed by atoms with Gasteiger partial charge in [-0.25, -0.2) is 0 Å². The van der Waals surface area contributed by atoms with E-state index in [1.807, 2.05) is 60.7 Å². The van der Waals surface area contributed by atoms with Gasteiger partial charge in [-0.15, -0.1) is 0 Å². The number of aliphatic hydroxyl groups excluding tert-OH is 1. The summed E-state index contributed by atoms with van der Waals surface area (Å²) in [6.07, 6.45) is 0.321. The molecule has 1 fully saturated rings.